The lowest BCUT2D eigenvalue weighted by atomic mass is 10.3. The first-order valence-corrected chi connectivity index (χ1v) is 4.38. The summed E-state index contributed by atoms with van der Waals surface area (Å²) < 4.78 is 6.74. The van der Waals surface area contributed by atoms with Crippen LogP contribution in [0.5, 0.6) is 11.9 Å². The second-order valence-corrected chi connectivity index (χ2v) is 3.03. The van der Waals surface area contributed by atoms with Gasteiger partial charge in [-0.2, -0.15) is 10.2 Å². The number of rotatable bonds is 2. The molecule has 0 saturated carbocycles. The quantitative estimate of drug-likeness (QED) is 0.782. The van der Waals surface area contributed by atoms with Gasteiger partial charge in [0, 0.05) is 13.2 Å². The van der Waals surface area contributed by atoms with Crippen LogP contribution in [0, 0.1) is 11.3 Å². The van der Waals surface area contributed by atoms with E-state index in [1.807, 2.05) is 6.07 Å². The van der Waals surface area contributed by atoms with Gasteiger partial charge in [0.2, 0.25) is 5.88 Å². The maximum atomic E-state index is 8.63. The third-order valence-corrected chi connectivity index (χ3v) is 1.77. The Balaban J connectivity index is 2.26. The minimum absolute atomic E-state index is 0.159. The summed E-state index contributed by atoms with van der Waals surface area (Å²) in [6.07, 6.45) is 2.86. The molecule has 7 nitrogen and oxygen atoms in total. The second-order valence-electron chi connectivity index (χ2n) is 3.03. The molecule has 0 atom stereocenters. The molecule has 0 bridgehead atoms. The van der Waals surface area contributed by atoms with Gasteiger partial charge in [-0.05, 0) is 6.07 Å². The number of aromatic nitrogens is 4. The Kier molecular flexibility index (Phi) is 2.39. The monoisotopic (exact) mass is 216 g/mol. The lowest BCUT2D eigenvalue weighted by Gasteiger charge is -2.02. The third kappa shape index (κ3) is 1.90. The number of pyridine rings is 1. The van der Waals surface area contributed by atoms with Crippen LogP contribution in [0.1, 0.15) is 5.56 Å². The minimum atomic E-state index is 0.159. The van der Waals surface area contributed by atoms with Crippen molar-refractivity contribution in [2.75, 3.05) is 5.73 Å². The van der Waals surface area contributed by atoms with E-state index in [1.165, 1.54) is 23.3 Å². The Labute approximate surface area is 91.1 Å². The summed E-state index contributed by atoms with van der Waals surface area (Å²) in [5, 5.41) is 12.5. The average Bonchev–Trinajstić information content (AvgIpc) is 2.67. The standard InChI is InChI=1S/C9H8N6O/c1-15-5-13-9(14-15)16-8-7(11)2-6(3-10)4-12-8/h2,4-5H,11H2,1H3. The summed E-state index contributed by atoms with van der Waals surface area (Å²) in [5.41, 5.74) is 6.29. The van der Waals surface area contributed by atoms with Crippen molar-refractivity contribution >= 4 is 5.69 Å². The van der Waals surface area contributed by atoms with Crippen LogP contribution in [0.4, 0.5) is 5.69 Å². The second kappa shape index (κ2) is 3.86. The number of nitrogens with zero attached hydrogens (tertiary/aromatic N) is 5. The Morgan fingerprint density at radius 2 is 2.31 bits per heavy atom. The van der Waals surface area contributed by atoms with Crippen LogP contribution in [-0.4, -0.2) is 19.7 Å². The van der Waals surface area contributed by atoms with Gasteiger partial charge in [0.05, 0.1) is 11.3 Å². The smallest absolute Gasteiger partial charge is 0.342 e. The van der Waals surface area contributed by atoms with Crippen LogP contribution in [0.3, 0.4) is 0 Å². The topological polar surface area (TPSA) is 103 Å². The van der Waals surface area contributed by atoms with Crippen LogP contribution in [0.2, 0.25) is 0 Å². The Morgan fingerprint density at radius 3 is 2.88 bits per heavy atom. The molecular weight excluding hydrogens is 208 g/mol. The number of nitriles is 1. The van der Waals surface area contributed by atoms with Crippen LogP contribution in [0.25, 0.3) is 0 Å². The van der Waals surface area contributed by atoms with Crippen molar-refractivity contribution in [2.45, 2.75) is 0 Å². The first kappa shape index (κ1) is 9.92. The molecular formula is C9H8N6O. The third-order valence-electron chi connectivity index (χ3n) is 1.77. The highest BCUT2D eigenvalue weighted by atomic mass is 16.5. The van der Waals surface area contributed by atoms with E-state index in [9.17, 15) is 0 Å². The predicted octanol–water partition coefficient (Wildman–Crippen LogP) is 0.456. The molecule has 7 heteroatoms. The van der Waals surface area contributed by atoms with Gasteiger partial charge < -0.3 is 10.5 Å². The highest BCUT2D eigenvalue weighted by molar-refractivity contribution is 5.52. The van der Waals surface area contributed by atoms with Crippen molar-refractivity contribution in [3.63, 3.8) is 0 Å². The van der Waals surface area contributed by atoms with E-state index in [0.717, 1.165) is 0 Å². The fraction of sp³-hybridized carbons (Fsp3) is 0.111. The van der Waals surface area contributed by atoms with E-state index >= 15 is 0 Å². The average molecular weight is 216 g/mol. The van der Waals surface area contributed by atoms with Crippen LogP contribution < -0.4 is 10.5 Å². The molecule has 0 aliphatic heterocycles. The number of hydrogen-bond donors (Lipinski definition) is 1. The lowest BCUT2D eigenvalue weighted by molar-refractivity contribution is 0.425. The number of nitrogen functional groups attached to an aromatic ring is 1. The molecule has 0 aliphatic rings. The van der Waals surface area contributed by atoms with E-state index in [-0.39, 0.29) is 17.6 Å². The molecule has 2 rings (SSSR count). The van der Waals surface area contributed by atoms with Crippen molar-refractivity contribution in [2.24, 2.45) is 7.05 Å². The van der Waals surface area contributed by atoms with Gasteiger partial charge in [0.25, 0.3) is 0 Å². The molecule has 0 amide bonds. The van der Waals surface area contributed by atoms with Crippen LogP contribution >= 0.6 is 0 Å². The molecule has 0 aliphatic carbocycles. The van der Waals surface area contributed by atoms with E-state index < -0.39 is 0 Å². The van der Waals surface area contributed by atoms with Gasteiger partial charge in [0.1, 0.15) is 12.4 Å². The molecule has 16 heavy (non-hydrogen) atoms. The first-order valence-electron chi connectivity index (χ1n) is 4.38. The molecule has 0 radical (unpaired) electrons. The SMILES string of the molecule is Cn1cnc(Oc2ncc(C#N)cc2N)n1. The molecule has 0 unspecified atom stereocenters. The molecule has 0 spiro atoms. The minimum Gasteiger partial charge on any atom is -0.402 e. The molecule has 0 saturated heterocycles. The van der Waals surface area contributed by atoms with Crippen LogP contribution in [-0.2, 0) is 7.05 Å². The summed E-state index contributed by atoms with van der Waals surface area (Å²) in [6.45, 7) is 0. The van der Waals surface area contributed by atoms with E-state index in [2.05, 4.69) is 15.1 Å². The summed E-state index contributed by atoms with van der Waals surface area (Å²) in [6, 6.07) is 3.57. The van der Waals surface area contributed by atoms with Crippen molar-refractivity contribution in [1.29, 1.82) is 5.26 Å². The summed E-state index contributed by atoms with van der Waals surface area (Å²) >= 11 is 0. The van der Waals surface area contributed by atoms with Crippen molar-refractivity contribution < 1.29 is 4.74 Å². The normalized spacial score (nSPS) is 9.75. The molecule has 2 heterocycles. The molecule has 0 aromatic carbocycles. The van der Waals surface area contributed by atoms with Gasteiger partial charge >= 0.3 is 6.01 Å². The van der Waals surface area contributed by atoms with Gasteiger partial charge in [-0.1, -0.05) is 0 Å². The summed E-state index contributed by atoms with van der Waals surface area (Å²) in [4.78, 5) is 7.76. The Morgan fingerprint density at radius 1 is 1.50 bits per heavy atom. The molecule has 2 aromatic heterocycles. The highest BCUT2D eigenvalue weighted by Gasteiger charge is 2.07. The van der Waals surface area contributed by atoms with Gasteiger partial charge in [-0.15, -0.1) is 5.10 Å². The number of ether oxygens (including phenoxy) is 1. The Bertz CT molecular complexity index is 555. The molecule has 2 aromatic rings. The fourth-order valence-electron chi connectivity index (χ4n) is 1.07. The summed E-state index contributed by atoms with van der Waals surface area (Å²) in [5.74, 6) is 0.185. The molecule has 0 fully saturated rings. The highest BCUT2D eigenvalue weighted by Crippen LogP contribution is 2.22. The maximum absolute atomic E-state index is 8.63. The zero-order valence-corrected chi connectivity index (χ0v) is 8.45. The Hall–Kier alpha value is -2.62. The first-order chi connectivity index (χ1) is 7.69. The number of anilines is 1. The van der Waals surface area contributed by atoms with Crippen LogP contribution in [0.15, 0.2) is 18.6 Å². The summed E-state index contributed by atoms with van der Waals surface area (Å²) in [7, 11) is 1.72. The maximum Gasteiger partial charge on any atom is 0.342 e. The predicted molar refractivity (Wildman–Crippen MR) is 54.4 cm³/mol. The van der Waals surface area contributed by atoms with E-state index in [0.29, 0.717) is 5.56 Å². The molecule has 2 N–H and O–H groups in total. The van der Waals surface area contributed by atoms with Crippen molar-refractivity contribution in [1.82, 2.24) is 19.7 Å². The zero-order chi connectivity index (χ0) is 11.5. The number of aryl methyl sites for hydroxylation is 1. The largest absolute Gasteiger partial charge is 0.402 e. The number of nitrogens with two attached hydrogens (primary N) is 1. The van der Waals surface area contributed by atoms with E-state index in [4.69, 9.17) is 15.7 Å². The number of hydrogen-bond acceptors (Lipinski definition) is 6. The van der Waals surface area contributed by atoms with Crippen molar-refractivity contribution in [3.8, 4) is 18.0 Å². The van der Waals surface area contributed by atoms with Gasteiger partial charge in [-0.25, -0.2) is 4.98 Å². The van der Waals surface area contributed by atoms with E-state index in [1.54, 1.807) is 7.05 Å². The van der Waals surface area contributed by atoms with Crippen molar-refractivity contribution in [3.05, 3.63) is 24.2 Å². The fourth-order valence-corrected chi connectivity index (χ4v) is 1.07. The van der Waals surface area contributed by atoms with Gasteiger partial charge in [-0.3, -0.25) is 4.68 Å². The van der Waals surface area contributed by atoms with Gasteiger partial charge in [0.15, 0.2) is 0 Å². The zero-order valence-electron chi connectivity index (χ0n) is 8.45. The molecule has 80 valence electrons. The lowest BCUT2D eigenvalue weighted by Crippen LogP contribution is -1.97.